The number of anilines is 2. The molecule has 0 aliphatic carbocycles. The van der Waals surface area contributed by atoms with Crippen LogP contribution in [0.25, 0.3) is 0 Å². The highest BCUT2D eigenvalue weighted by Crippen LogP contribution is 2.27. The molecule has 0 aromatic heterocycles. The predicted molar refractivity (Wildman–Crippen MR) is 116 cm³/mol. The Labute approximate surface area is 167 Å². The van der Waals surface area contributed by atoms with Crippen LogP contribution in [0.3, 0.4) is 0 Å². The van der Waals surface area contributed by atoms with Crippen LogP contribution in [0.15, 0.2) is 36.4 Å². The zero-order valence-corrected chi connectivity index (χ0v) is 17.2. The number of hydrogen-bond donors (Lipinski definition) is 2. The first kappa shape index (κ1) is 19.4. The lowest BCUT2D eigenvalue weighted by molar-refractivity contribution is -0.117. The molecule has 5 heteroatoms. The van der Waals surface area contributed by atoms with E-state index in [-0.39, 0.29) is 11.9 Å². The van der Waals surface area contributed by atoms with Crippen LogP contribution in [-0.2, 0) is 4.79 Å². The van der Waals surface area contributed by atoms with Crippen molar-refractivity contribution in [2.45, 2.75) is 46.6 Å². The van der Waals surface area contributed by atoms with E-state index in [1.165, 1.54) is 16.7 Å². The monoisotopic (exact) mass is 381 g/mol. The molecule has 27 heavy (non-hydrogen) atoms. The van der Waals surface area contributed by atoms with Crippen LogP contribution < -0.4 is 15.5 Å². The lowest BCUT2D eigenvalue weighted by Gasteiger charge is -2.21. The Kier molecular flexibility index (Phi) is 5.80. The van der Waals surface area contributed by atoms with Crippen molar-refractivity contribution in [3.05, 3.63) is 58.7 Å². The van der Waals surface area contributed by atoms with E-state index in [2.05, 4.69) is 49.6 Å². The van der Waals surface area contributed by atoms with E-state index >= 15 is 0 Å². The third-order valence-corrected chi connectivity index (χ3v) is 5.42. The van der Waals surface area contributed by atoms with Crippen molar-refractivity contribution in [3.8, 4) is 0 Å². The van der Waals surface area contributed by atoms with Gasteiger partial charge in [-0.2, -0.15) is 0 Å². The molecule has 1 amide bonds. The highest BCUT2D eigenvalue weighted by molar-refractivity contribution is 7.80. The smallest absolute Gasteiger partial charge is 0.227 e. The second kappa shape index (κ2) is 8.09. The summed E-state index contributed by atoms with van der Waals surface area (Å²) in [7, 11) is 0. The molecule has 1 heterocycles. The van der Waals surface area contributed by atoms with Gasteiger partial charge in [-0.05, 0) is 86.8 Å². The van der Waals surface area contributed by atoms with Crippen LogP contribution in [-0.4, -0.2) is 17.6 Å². The molecule has 0 saturated carbocycles. The van der Waals surface area contributed by atoms with Crippen LogP contribution in [0.5, 0.6) is 0 Å². The summed E-state index contributed by atoms with van der Waals surface area (Å²) >= 11 is 5.49. The molecule has 2 aromatic carbocycles. The molecule has 1 aliphatic heterocycles. The second-order valence-electron chi connectivity index (χ2n) is 7.31. The topological polar surface area (TPSA) is 44.4 Å². The van der Waals surface area contributed by atoms with Crippen LogP contribution in [0, 0.1) is 20.8 Å². The minimum Gasteiger partial charge on any atom is -0.356 e. The Balaban J connectivity index is 1.64. The van der Waals surface area contributed by atoms with Gasteiger partial charge in [0.15, 0.2) is 5.11 Å². The van der Waals surface area contributed by atoms with E-state index < -0.39 is 0 Å². The van der Waals surface area contributed by atoms with Crippen LogP contribution in [0.2, 0.25) is 0 Å². The molecule has 1 atom stereocenters. The molecule has 2 aromatic rings. The van der Waals surface area contributed by atoms with Crippen molar-refractivity contribution in [1.29, 1.82) is 0 Å². The lowest BCUT2D eigenvalue weighted by Crippen LogP contribution is -2.31. The average Bonchev–Trinajstić information content (AvgIpc) is 3.03. The normalized spacial score (nSPS) is 15.0. The molecule has 4 nitrogen and oxygen atoms in total. The van der Waals surface area contributed by atoms with Crippen LogP contribution in [0.1, 0.15) is 48.1 Å². The van der Waals surface area contributed by atoms with Crippen molar-refractivity contribution >= 4 is 34.6 Å². The average molecular weight is 382 g/mol. The summed E-state index contributed by atoms with van der Waals surface area (Å²) in [5.41, 5.74) is 6.76. The van der Waals surface area contributed by atoms with Crippen molar-refractivity contribution in [2.24, 2.45) is 0 Å². The number of carbonyl (C=O) groups is 1. The first-order valence-electron chi connectivity index (χ1n) is 9.41. The number of benzene rings is 2. The summed E-state index contributed by atoms with van der Waals surface area (Å²) in [6.45, 7) is 9.17. The van der Waals surface area contributed by atoms with Crippen LogP contribution >= 0.6 is 12.2 Å². The van der Waals surface area contributed by atoms with Crippen molar-refractivity contribution in [3.63, 3.8) is 0 Å². The van der Waals surface area contributed by atoms with Gasteiger partial charge in [0.05, 0.1) is 6.04 Å². The summed E-state index contributed by atoms with van der Waals surface area (Å²) in [5, 5.41) is 7.19. The quantitative estimate of drug-likeness (QED) is 0.748. The minimum absolute atomic E-state index is 0.117. The maximum Gasteiger partial charge on any atom is 0.227 e. The Morgan fingerprint density at radius 3 is 2.48 bits per heavy atom. The third kappa shape index (κ3) is 4.48. The molecule has 1 saturated heterocycles. The van der Waals surface area contributed by atoms with Gasteiger partial charge in [-0.1, -0.05) is 18.2 Å². The Morgan fingerprint density at radius 2 is 1.85 bits per heavy atom. The van der Waals surface area contributed by atoms with Crippen molar-refractivity contribution in [2.75, 3.05) is 16.8 Å². The molecule has 2 N–H and O–H groups in total. The van der Waals surface area contributed by atoms with Crippen molar-refractivity contribution in [1.82, 2.24) is 5.32 Å². The highest BCUT2D eigenvalue weighted by atomic mass is 32.1. The van der Waals surface area contributed by atoms with Gasteiger partial charge < -0.3 is 15.5 Å². The number of carbonyl (C=O) groups excluding carboxylic acids is 1. The van der Waals surface area contributed by atoms with E-state index in [0.717, 1.165) is 29.9 Å². The summed E-state index contributed by atoms with van der Waals surface area (Å²) in [6.07, 6.45) is 1.58. The first-order chi connectivity index (χ1) is 12.8. The zero-order chi connectivity index (χ0) is 19.6. The number of aryl methyl sites for hydroxylation is 3. The van der Waals surface area contributed by atoms with Gasteiger partial charge in [0.25, 0.3) is 0 Å². The van der Waals surface area contributed by atoms with E-state index in [4.69, 9.17) is 12.2 Å². The predicted octanol–water partition coefficient (Wildman–Crippen LogP) is 4.79. The van der Waals surface area contributed by atoms with E-state index in [1.54, 1.807) is 0 Å². The van der Waals surface area contributed by atoms with E-state index in [9.17, 15) is 4.79 Å². The summed E-state index contributed by atoms with van der Waals surface area (Å²) in [6, 6.07) is 12.6. The summed E-state index contributed by atoms with van der Waals surface area (Å²) in [4.78, 5) is 13.8. The maximum absolute atomic E-state index is 12.0. The largest absolute Gasteiger partial charge is 0.356 e. The number of hydrogen-bond acceptors (Lipinski definition) is 2. The number of rotatable bonds is 4. The molecule has 142 valence electrons. The second-order valence-corrected chi connectivity index (χ2v) is 7.72. The Morgan fingerprint density at radius 1 is 1.07 bits per heavy atom. The fourth-order valence-electron chi connectivity index (χ4n) is 3.42. The van der Waals surface area contributed by atoms with Crippen LogP contribution in [0.4, 0.5) is 11.4 Å². The highest BCUT2D eigenvalue weighted by Gasteiger charge is 2.23. The van der Waals surface area contributed by atoms with Gasteiger partial charge in [0, 0.05) is 24.3 Å². The minimum atomic E-state index is 0.117. The molecule has 0 bridgehead atoms. The molecule has 1 aliphatic rings. The van der Waals surface area contributed by atoms with Gasteiger partial charge in [-0.3, -0.25) is 4.79 Å². The number of thiocarbonyl (C=S) groups is 1. The van der Waals surface area contributed by atoms with Gasteiger partial charge >= 0.3 is 0 Å². The van der Waals surface area contributed by atoms with E-state index in [1.807, 2.05) is 30.0 Å². The lowest BCUT2D eigenvalue weighted by atomic mass is 10.0. The molecular formula is C22H27N3OS. The Hall–Kier alpha value is -2.40. The SMILES string of the molecule is Cc1ccc(C(C)NC(=S)Nc2ccc(N3CCCC3=O)c(C)c2)cc1C. The number of nitrogens with zero attached hydrogens (tertiary/aromatic N) is 1. The number of nitrogens with one attached hydrogen (secondary N) is 2. The summed E-state index contributed by atoms with van der Waals surface area (Å²) in [5.74, 6) is 0.207. The molecule has 1 fully saturated rings. The fraction of sp³-hybridized carbons (Fsp3) is 0.364. The third-order valence-electron chi connectivity index (χ3n) is 5.20. The van der Waals surface area contributed by atoms with Gasteiger partial charge in [-0.15, -0.1) is 0 Å². The standard InChI is InChI=1S/C22H27N3OS/c1-14-7-8-18(12-15(14)2)17(4)23-22(27)24-19-9-10-20(16(3)13-19)25-11-5-6-21(25)26/h7-10,12-13,17H,5-6,11H2,1-4H3,(H2,23,24,27). The van der Waals surface area contributed by atoms with Gasteiger partial charge in [0.2, 0.25) is 5.91 Å². The van der Waals surface area contributed by atoms with Crippen molar-refractivity contribution < 1.29 is 4.79 Å². The molecule has 0 spiro atoms. The van der Waals surface area contributed by atoms with Gasteiger partial charge in [0.1, 0.15) is 0 Å². The number of amides is 1. The Bertz CT molecular complexity index is 878. The molecular weight excluding hydrogens is 354 g/mol. The molecule has 3 rings (SSSR count). The molecule has 0 radical (unpaired) electrons. The summed E-state index contributed by atoms with van der Waals surface area (Å²) < 4.78 is 0. The maximum atomic E-state index is 12.0. The molecule has 1 unspecified atom stereocenters. The fourth-order valence-corrected chi connectivity index (χ4v) is 3.71. The first-order valence-corrected chi connectivity index (χ1v) is 9.81. The van der Waals surface area contributed by atoms with Gasteiger partial charge in [-0.25, -0.2) is 0 Å². The zero-order valence-electron chi connectivity index (χ0n) is 16.4. The van der Waals surface area contributed by atoms with E-state index in [0.29, 0.717) is 11.5 Å².